The van der Waals surface area contributed by atoms with Crippen LogP contribution in [0.4, 0.5) is 0 Å². The van der Waals surface area contributed by atoms with Crippen molar-refractivity contribution in [2.75, 3.05) is 0 Å². The molecule has 1 fully saturated rings. The van der Waals surface area contributed by atoms with E-state index in [2.05, 4.69) is 6.92 Å². The van der Waals surface area contributed by atoms with Crippen LogP contribution in [0.25, 0.3) is 11.0 Å². The fourth-order valence-electron chi connectivity index (χ4n) is 3.59. The number of hydrogen-bond donors (Lipinski definition) is 0. The van der Waals surface area contributed by atoms with E-state index < -0.39 is 0 Å². The van der Waals surface area contributed by atoms with E-state index in [-0.39, 0.29) is 5.78 Å². The molecule has 1 aliphatic carbocycles. The van der Waals surface area contributed by atoms with Gasteiger partial charge in [-0.05, 0) is 18.4 Å². The molecule has 1 saturated carbocycles. The van der Waals surface area contributed by atoms with Gasteiger partial charge in [0.1, 0.15) is 11.3 Å². The molecule has 0 aliphatic heterocycles. The number of fused-ring (bicyclic) bond motifs is 1. The van der Waals surface area contributed by atoms with Crippen LogP contribution < -0.4 is 0 Å². The summed E-state index contributed by atoms with van der Waals surface area (Å²) in [6, 6.07) is 7.90. The summed E-state index contributed by atoms with van der Waals surface area (Å²) in [5.41, 5.74) is 1.68. The number of ketones is 1. The number of hydrogen-bond acceptors (Lipinski definition) is 2. The highest BCUT2D eigenvalue weighted by Gasteiger charge is 2.21. The SMILES string of the molecule is CCc1oc2ccccc2c1C(=O)CCC1CCCCC1. The van der Waals surface area contributed by atoms with Gasteiger partial charge in [0.05, 0.1) is 5.56 Å². The van der Waals surface area contributed by atoms with Crippen molar-refractivity contribution >= 4 is 16.8 Å². The van der Waals surface area contributed by atoms with Gasteiger partial charge in [-0.15, -0.1) is 0 Å². The summed E-state index contributed by atoms with van der Waals surface area (Å²) in [5.74, 6) is 1.87. The van der Waals surface area contributed by atoms with Crippen LogP contribution in [0.3, 0.4) is 0 Å². The van der Waals surface area contributed by atoms with E-state index in [1.165, 1.54) is 32.1 Å². The maximum absolute atomic E-state index is 12.7. The Morgan fingerprint density at radius 2 is 1.95 bits per heavy atom. The van der Waals surface area contributed by atoms with Gasteiger partial charge in [-0.1, -0.05) is 57.2 Å². The maximum Gasteiger partial charge on any atom is 0.167 e. The number of Topliss-reactive ketones (excluding diaryl/α,β-unsaturated/α-hetero) is 1. The van der Waals surface area contributed by atoms with E-state index in [1.807, 2.05) is 24.3 Å². The van der Waals surface area contributed by atoms with Crippen LogP contribution in [0.2, 0.25) is 0 Å². The molecule has 2 nitrogen and oxygen atoms in total. The lowest BCUT2D eigenvalue weighted by atomic mass is 9.85. The van der Waals surface area contributed by atoms with Crippen LogP contribution >= 0.6 is 0 Å². The molecule has 2 heteroatoms. The number of aryl methyl sites for hydroxylation is 1. The molecule has 3 rings (SSSR count). The monoisotopic (exact) mass is 284 g/mol. The van der Waals surface area contributed by atoms with Crippen LogP contribution in [0.5, 0.6) is 0 Å². The molecule has 21 heavy (non-hydrogen) atoms. The minimum atomic E-state index is 0.266. The zero-order chi connectivity index (χ0) is 14.7. The lowest BCUT2D eigenvalue weighted by molar-refractivity contribution is 0.0969. The van der Waals surface area contributed by atoms with E-state index in [0.717, 1.165) is 41.1 Å². The van der Waals surface area contributed by atoms with Crippen molar-refractivity contribution in [2.24, 2.45) is 5.92 Å². The van der Waals surface area contributed by atoms with Gasteiger partial charge in [-0.2, -0.15) is 0 Å². The van der Waals surface area contributed by atoms with E-state index in [4.69, 9.17) is 4.42 Å². The molecule has 0 spiro atoms. The molecule has 1 aromatic heterocycles. The molecular weight excluding hydrogens is 260 g/mol. The molecular formula is C19H24O2. The van der Waals surface area contributed by atoms with Crippen LogP contribution in [0.15, 0.2) is 28.7 Å². The standard InChI is InChI=1S/C19H24O2/c1-2-17-19(15-10-6-7-11-18(15)21-17)16(20)13-12-14-8-4-3-5-9-14/h6-7,10-11,14H,2-5,8-9,12-13H2,1H3. The molecule has 0 radical (unpaired) electrons. The van der Waals surface area contributed by atoms with Gasteiger partial charge in [0.15, 0.2) is 5.78 Å². The molecule has 2 aromatic rings. The molecule has 0 atom stereocenters. The summed E-state index contributed by atoms with van der Waals surface area (Å²) in [4.78, 5) is 12.7. The molecule has 0 unspecified atom stereocenters. The number of carbonyl (C=O) groups excluding carboxylic acids is 1. The Morgan fingerprint density at radius 3 is 2.71 bits per heavy atom. The third-order valence-electron chi connectivity index (χ3n) is 4.77. The molecule has 1 aromatic carbocycles. The Kier molecular flexibility index (Phi) is 4.42. The van der Waals surface area contributed by atoms with Crippen molar-refractivity contribution in [3.63, 3.8) is 0 Å². The Labute approximate surface area is 126 Å². The normalized spacial score (nSPS) is 16.4. The van der Waals surface area contributed by atoms with Gasteiger partial charge in [0, 0.05) is 18.2 Å². The first-order chi connectivity index (χ1) is 10.3. The zero-order valence-corrected chi connectivity index (χ0v) is 12.9. The number of furan rings is 1. The number of benzene rings is 1. The van der Waals surface area contributed by atoms with Crippen LogP contribution in [0, 0.1) is 5.92 Å². The Hall–Kier alpha value is -1.57. The molecule has 0 N–H and O–H groups in total. The largest absolute Gasteiger partial charge is 0.460 e. The predicted molar refractivity (Wildman–Crippen MR) is 85.7 cm³/mol. The molecule has 1 heterocycles. The minimum Gasteiger partial charge on any atom is -0.460 e. The lowest BCUT2D eigenvalue weighted by Crippen LogP contribution is -2.09. The van der Waals surface area contributed by atoms with E-state index >= 15 is 0 Å². The predicted octanol–water partition coefficient (Wildman–Crippen LogP) is 5.54. The molecule has 1 aliphatic rings. The van der Waals surface area contributed by atoms with Gasteiger partial charge in [-0.3, -0.25) is 4.79 Å². The highest BCUT2D eigenvalue weighted by atomic mass is 16.3. The maximum atomic E-state index is 12.7. The summed E-state index contributed by atoms with van der Waals surface area (Å²) in [7, 11) is 0. The second-order valence-corrected chi connectivity index (χ2v) is 6.22. The van der Waals surface area contributed by atoms with Gasteiger partial charge in [-0.25, -0.2) is 0 Å². The Balaban J connectivity index is 1.77. The number of rotatable bonds is 5. The van der Waals surface area contributed by atoms with Crippen molar-refractivity contribution in [1.29, 1.82) is 0 Å². The second-order valence-electron chi connectivity index (χ2n) is 6.22. The Morgan fingerprint density at radius 1 is 1.19 bits per heavy atom. The first-order valence-corrected chi connectivity index (χ1v) is 8.33. The summed E-state index contributed by atoms with van der Waals surface area (Å²) < 4.78 is 5.84. The van der Waals surface area contributed by atoms with Crippen molar-refractivity contribution in [1.82, 2.24) is 0 Å². The third-order valence-corrected chi connectivity index (χ3v) is 4.77. The molecule has 0 saturated heterocycles. The fraction of sp³-hybridized carbons (Fsp3) is 0.526. The minimum absolute atomic E-state index is 0.266. The third kappa shape index (κ3) is 3.04. The summed E-state index contributed by atoms with van der Waals surface area (Å²) >= 11 is 0. The zero-order valence-electron chi connectivity index (χ0n) is 12.9. The van der Waals surface area contributed by atoms with Crippen LogP contribution in [-0.2, 0) is 6.42 Å². The van der Waals surface area contributed by atoms with Crippen molar-refractivity contribution in [3.8, 4) is 0 Å². The topological polar surface area (TPSA) is 30.2 Å². The van der Waals surface area contributed by atoms with Gasteiger partial charge < -0.3 is 4.42 Å². The van der Waals surface area contributed by atoms with E-state index in [0.29, 0.717) is 6.42 Å². The second kappa shape index (κ2) is 6.46. The molecule has 0 bridgehead atoms. The van der Waals surface area contributed by atoms with Crippen molar-refractivity contribution in [2.45, 2.75) is 58.3 Å². The van der Waals surface area contributed by atoms with Gasteiger partial charge in [0.2, 0.25) is 0 Å². The van der Waals surface area contributed by atoms with Crippen LogP contribution in [-0.4, -0.2) is 5.78 Å². The van der Waals surface area contributed by atoms with Gasteiger partial charge >= 0.3 is 0 Å². The summed E-state index contributed by atoms with van der Waals surface area (Å²) in [5, 5.41) is 0.989. The van der Waals surface area contributed by atoms with E-state index in [9.17, 15) is 4.79 Å². The fourth-order valence-corrected chi connectivity index (χ4v) is 3.59. The lowest BCUT2D eigenvalue weighted by Gasteiger charge is -2.20. The highest BCUT2D eigenvalue weighted by Crippen LogP contribution is 2.31. The average Bonchev–Trinajstić information content (AvgIpc) is 2.92. The first kappa shape index (κ1) is 14.4. The van der Waals surface area contributed by atoms with Crippen molar-refractivity contribution < 1.29 is 9.21 Å². The Bertz CT molecular complexity index is 618. The summed E-state index contributed by atoms with van der Waals surface area (Å²) in [6.45, 7) is 2.05. The first-order valence-electron chi connectivity index (χ1n) is 8.33. The molecule has 112 valence electrons. The van der Waals surface area contributed by atoms with Crippen LogP contribution in [0.1, 0.15) is 68.0 Å². The van der Waals surface area contributed by atoms with E-state index in [1.54, 1.807) is 0 Å². The van der Waals surface area contributed by atoms with Crippen molar-refractivity contribution in [3.05, 3.63) is 35.6 Å². The highest BCUT2D eigenvalue weighted by molar-refractivity contribution is 6.08. The number of carbonyl (C=O) groups is 1. The van der Waals surface area contributed by atoms with Gasteiger partial charge in [0.25, 0.3) is 0 Å². The summed E-state index contributed by atoms with van der Waals surface area (Å²) in [6.07, 6.45) is 9.15. The quantitative estimate of drug-likeness (QED) is 0.675. The number of para-hydroxylation sites is 1. The molecule has 0 amide bonds. The smallest absolute Gasteiger partial charge is 0.167 e. The average molecular weight is 284 g/mol.